The molecule has 16 heavy (non-hydrogen) atoms. The molecule has 0 amide bonds. The fourth-order valence-electron chi connectivity index (χ4n) is 0.789. The lowest BCUT2D eigenvalue weighted by Gasteiger charge is -2.19. The summed E-state index contributed by atoms with van der Waals surface area (Å²) in [5.41, 5.74) is 0. The Morgan fingerprint density at radius 1 is 0.562 bits per heavy atom. The third-order valence-electron chi connectivity index (χ3n) is 1.58. The van der Waals surface area contributed by atoms with Crippen molar-refractivity contribution in [2.75, 3.05) is 49.8 Å². The Balaban J connectivity index is 0. The first kappa shape index (κ1) is 18.5. The Labute approximate surface area is 100.0 Å². The Morgan fingerprint density at radius 3 is 0.812 bits per heavy atom. The Morgan fingerprint density at radius 2 is 0.812 bits per heavy atom. The van der Waals surface area contributed by atoms with E-state index in [1.54, 1.807) is 21.3 Å². The van der Waals surface area contributed by atoms with Crippen molar-refractivity contribution >= 4 is 18.6 Å². The van der Waals surface area contributed by atoms with Crippen molar-refractivity contribution in [3.63, 3.8) is 0 Å². The van der Waals surface area contributed by atoms with Crippen molar-refractivity contribution in [1.29, 1.82) is 0 Å². The van der Waals surface area contributed by atoms with Gasteiger partial charge in [0, 0.05) is 49.8 Å². The van der Waals surface area contributed by atoms with E-state index in [-0.39, 0.29) is 0 Å². The lowest BCUT2D eigenvalue weighted by Crippen LogP contribution is -2.45. The van der Waals surface area contributed by atoms with Crippen LogP contribution in [0.15, 0.2) is 0 Å². The van der Waals surface area contributed by atoms with Crippen molar-refractivity contribution in [1.82, 2.24) is 0 Å². The van der Waals surface area contributed by atoms with Crippen LogP contribution in [0.2, 0.25) is 0 Å². The first-order valence-electron chi connectivity index (χ1n) is 4.38. The molecule has 9 heteroatoms. The SMILES string of the molecule is CO[SiH](OC)OC.CO[Si](OC)(OC)OC. The second-order valence-corrected chi connectivity index (χ2v) is 6.94. The molecule has 0 aliphatic carbocycles. The molecule has 0 heterocycles. The van der Waals surface area contributed by atoms with Crippen molar-refractivity contribution in [3.05, 3.63) is 0 Å². The van der Waals surface area contributed by atoms with E-state index >= 15 is 0 Å². The molecule has 100 valence electrons. The van der Waals surface area contributed by atoms with Crippen molar-refractivity contribution < 1.29 is 31.0 Å². The molecule has 0 N–H and O–H groups in total. The van der Waals surface area contributed by atoms with Crippen LogP contribution in [-0.4, -0.2) is 68.3 Å². The van der Waals surface area contributed by atoms with Crippen molar-refractivity contribution in [3.8, 4) is 0 Å². The van der Waals surface area contributed by atoms with E-state index in [1.807, 2.05) is 0 Å². The monoisotopic (exact) mass is 274 g/mol. The van der Waals surface area contributed by atoms with Gasteiger partial charge in [-0.05, 0) is 0 Å². The van der Waals surface area contributed by atoms with Crippen molar-refractivity contribution in [2.24, 2.45) is 0 Å². The van der Waals surface area contributed by atoms with Crippen LogP contribution in [0.25, 0.3) is 0 Å². The molecule has 0 aromatic heterocycles. The van der Waals surface area contributed by atoms with Gasteiger partial charge in [0.15, 0.2) is 0 Å². The number of rotatable bonds is 7. The quantitative estimate of drug-likeness (QED) is 0.588. The number of hydrogen-bond donors (Lipinski definition) is 0. The zero-order valence-electron chi connectivity index (χ0n) is 10.9. The molecule has 0 fully saturated rings. The summed E-state index contributed by atoms with van der Waals surface area (Å²) >= 11 is 0. The smallest absolute Gasteiger partial charge is 0.379 e. The van der Waals surface area contributed by atoms with E-state index in [1.165, 1.54) is 28.4 Å². The predicted octanol–water partition coefficient (Wildman–Crippen LogP) is -0.350. The molecule has 0 aliphatic rings. The normalized spacial score (nSPS) is 11.2. The first-order chi connectivity index (χ1) is 7.59. The van der Waals surface area contributed by atoms with E-state index in [2.05, 4.69) is 0 Å². The van der Waals surface area contributed by atoms with Gasteiger partial charge in [0.25, 0.3) is 0 Å². The summed E-state index contributed by atoms with van der Waals surface area (Å²) in [4.78, 5) is 0. The van der Waals surface area contributed by atoms with Crippen LogP contribution in [0.1, 0.15) is 0 Å². The fourth-order valence-corrected chi connectivity index (χ4v) is 2.37. The third kappa shape index (κ3) is 7.43. The van der Waals surface area contributed by atoms with E-state index in [9.17, 15) is 0 Å². The van der Waals surface area contributed by atoms with Crippen LogP contribution >= 0.6 is 0 Å². The minimum absolute atomic E-state index is 1.49. The minimum Gasteiger partial charge on any atom is -0.379 e. The van der Waals surface area contributed by atoms with Crippen LogP contribution in [0.3, 0.4) is 0 Å². The van der Waals surface area contributed by atoms with E-state index in [0.717, 1.165) is 0 Å². The van der Waals surface area contributed by atoms with Gasteiger partial charge in [0.1, 0.15) is 0 Å². The maximum Gasteiger partial charge on any atom is 0.678 e. The lowest BCUT2D eigenvalue weighted by atomic mass is 11.8. The molecule has 0 rings (SSSR count). The second-order valence-electron chi connectivity index (χ2n) is 2.31. The highest BCUT2D eigenvalue weighted by Gasteiger charge is 2.40. The van der Waals surface area contributed by atoms with Gasteiger partial charge in [0.2, 0.25) is 0 Å². The van der Waals surface area contributed by atoms with Gasteiger partial charge in [-0.2, -0.15) is 0 Å². The molecule has 0 unspecified atom stereocenters. The molecule has 0 bridgehead atoms. The molecule has 0 aromatic carbocycles. The maximum absolute atomic E-state index is 4.86. The predicted molar refractivity (Wildman–Crippen MR) is 62.0 cm³/mol. The summed E-state index contributed by atoms with van der Waals surface area (Å²) in [6, 6.07) is 0. The third-order valence-corrected chi connectivity index (χ3v) is 4.73. The van der Waals surface area contributed by atoms with Crippen LogP contribution < -0.4 is 0 Å². The summed E-state index contributed by atoms with van der Waals surface area (Å²) in [6.07, 6.45) is 0. The largest absolute Gasteiger partial charge is 0.678 e. The van der Waals surface area contributed by atoms with Crippen LogP contribution in [0.4, 0.5) is 0 Å². The second kappa shape index (κ2) is 11.6. The van der Waals surface area contributed by atoms with E-state index < -0.39 is 18.6 Å². The molecule has 0 aromatic rings. The van der Waals surface area contributed by atoms with Crippen LogP contribution in [-0.2, 0) is 31.0 Å². The molecule has 0 radical (unpaired) electrons. The highest BCUT2D eigenvalue weighted by molar-refractivity contribution is 6.53. The molecule has 0 spiro atoms. The summed E-state index contributed by atoms with van der Waals surface area (Å²) in [5, 5.41) is 0. The zero-order chi connectivity index (χ0) is 13.0. The Hall–Kier alpha value is 0.154. The van der Waals surface area contributed by atoms with Gasteiger partial charge in [0.05, 0.1) is 0 Å². The van der Waals surface area contributed by atoms with Gasteiger partial charge < -0.3 is 31.0 Å². The zero-order valence-corrected chi connectivity index (χ0v) is 13.1. The molecular formula is C7H22O7Si2. The summed E-state index contributed by atoms with van der Waals surface area (Å²) in [5.74, 6) is 0. The summed E-state index contributed by atoms with van der Waals surface area (Å²) in [7, 11) is 6.31. The Kier molecular flexibility index (Phi) is 13.5. The molecule has 0 atom stereocenters. The first-order valence-corrected chi connectivity index (χ1v) is 7.43. The molecular weight excluding hydrogens is 252 g/mol. The Bertz CT molecular complexity index is 118. The van der Waals surface area contributed by atoms with Gasteiger partial charge in [-0.3, -0.25) is 0 Å². The summed E-state index contributed by atoms with van der Waals surface area (Å²) in [6.45, 7) is 0. The molecule has 7 nitrogen and oxygen atoms in total. The minimum atomic E-state index is -2.69. The van der Waals surface area contributed by atoms with E-state index in [0.29, 0.717) is 0 Å². The van der Waals surface area contributed by atoms with Crippen LogP contribution in [0.5, 0.6) is 0 Å². The number of hydrogen-bond acceptors (Lipinski definition) is 7. The van der Waals surface area contributed by atoms with E-state index in [4.69, 9.17) is 31.0 Å². The molecule has 0 saturated heterocycles. The average Bonchev–Trinajstić information content (AvgIpc) is 2.36. The molecule has 0 saturated carbocycles. The van der Waals surface area contributed by atoms with Crippen molar-refractivity contribution in [2.45, 2.75) is 0 Å². The van der Waals surface area contributed by atoms with Gasteiger partial charge in [-0.15, -0.1) is 0 Å². The van der Waals surface area contributed by atoms with Gasteiger partial charge in [-0.1, -0.05) is 0 Å². The van der Waals surface area contributed by atoms with Gasteiger partial charge >= 0.3 is 18.6 Å². The highest BCUT2D eigenvalue weighted by atomic mass is 28.4. The maximum atomic E-state index is 4.86. The summed E-state index contributed by atoms with van der Waals surface area (Å²) < 4.78 is 33.7. The molecule has 0 aliphatic heterocycles. The highest BCUT2D eigenvalue weighted by Crippen LogP contribution is 2.04. The fraction of sp³-hybridized carbons (Fsp3) is 1.00. The standard InChI is InChI=1S/C4H12O4Si.C3H10O3Si/c1-5-9(6-2,7-3)8-4;1-4-7(5-2)6-3/h1-4H3;7H,1-3H3. The lowest BCUT2D eigenvalue weighted by molar-refractivity contribution is 0.0226. The van der Waals surface area contributed by atoms with Gasteiger partial charge in [-0.25, -0.2) is 0 Å². The topological polar surface area (TPSA) is 64.6 Å². The average molecular weight is 274 g/mol. The van der Waals surface area contributed by atoms with Crippen LogP contribution in [0, 0.1) is 0 Å².